The second kappa shape index (κ2) is 2.63. The fourth-order valence-corrected chi connectivity index (χ4v) is 1.88. The quantitative estimate of drug-likeness (QED) is 0.568. The number of rotatable bonds is 0. The fraction of sp³-hybridized carbons (Fsp3) is 0.182. The lowest BCUT2D eigenvalue weighted by atomic mass is 10.1. The summed E-state index contributed by atoms with van der Waals surface area (Å²) in [4.78, 5) is 0. The van der Waals surface area contributed by atoms with Crippen molar-refractivity contribution in [2.24, 2.45) is 0 Å². The molecule has 1 radical (unpaired) electrons. The van der Waals surface area contributed by atoms with E-state index >= 15 is 0 Å². The van der Waals surface area contributed by atoms with Crippen LogP contribution in [0.3, 0.4) is 0 Å². The van der Waals surface area contributed by atoms with Crippen molar-refractivity contribution in [3.63, 3.8) is 0 Å². The molecule has 0 nitrogen and oxygen atoms in total. The largest absolute Gasteiger partial charge is 0.118 e. The summed E-state index contributed by atoms with van der Waals surface area (Å²) < 4.78 is 0. The Bertz CT molecular complexity index is 350. The Balaban J connectivity index is 2.65. The first-order chi connectivity index (χ1) is 5.72. The number of benzene rings is 1. The van der Waals surface area contributed by atoms with Crippen molar-refractivity contribution in [1.82, 2.24) is 0 Å². The molecule has 0 fully saturated rings. The Morgan fingerprint density at radius 2 is 1.50 bits per heavy atom. The molecule has 0 aliphatic heterocycles. The van der Waals surface area contributed by atoms with E-state index in [1.165, 1.54) is 22.3 Å². The van der Waals surface area contributed by atoms with Gasteiger partial charge in [-0.1, -0.05) is 24.3 Å². The average Bonchev–Trinajstić information content (AvgIpc) is 2.33. The predicted molar refractivity (Wildman–Crippen MR) is 52.9 cm³/mol. The summed E-state index contributed by atoms with van der Waals surface area (Å²) in [6.07, 6.45) is 0. The molecule has 0 amide bonds. The summed E-state index contributed by atoms with van der Waals surface area (Å²) in [7, 11) is 0. The van der Waals surface area contributed by atoms with Crippen LogP contribution in [0.15, 0.2) is 29.8 Å². The maximum Gasteiger partial charge on any atom is 0.118 e. The highest BCUT2D eigenvalue weighted by molar-refractivity contribution is 6.33. The van der Waals surface area contributed by atoms with Gasteiger partial charge in [0.2, 0.25) is 0 Å². The molecule has 0 bridgehead atoms. The summed E-state index contributed by atoms with van der Waals surface area (Å²) in [5.74, 6) is 0. The van der Waals surface area contributed by atoms with Gasteiger partial charge in [-0.25, -0.2) is 0 Å². The molecule has 0 saturated carbocycles. The van der Waals surface area contributed by atoms with Crippen LogP contribution in [0.2, 0.25) is 0 Å². The van der Waals surface area contributed by atoms with Crippen LogP contribution in [0.1, 0.15) is 25.0 Å². The third-order valence-corrected chi connectivity index (χ3v) is 2.95. The molecule has 1 aromatic carbocycles. The van der Waals surface area contributed by atoms with Crippen LogP contribution in [-0.2, 0) is 0 Å². The third-order valence-electron chi connectivity index (χ3n) is 2.46. The minimum atomic E-state index is 0.906. The monoisotopic (exact) mass is 177 g/mol. The third kappa shape index (κ3) is 0.914. The molecule has 1 aliphatic carbocycles. The molecule has 0 atom stereocenters. The fourth-order valence-electron chi connectivity index (χ4n) is 1.57. The molecule has 0 spiro atoms. The first kappa shape index (κ1) is 7.88. The van der Waals surface area contributed by atoms with Crippen molar-refractivity contribution in [2.45, 2.75) is 13.8 Å². The van der Waals surface area contributed by atoms with Gasteiger partial charge in [-0.2, -0.15) is 0 Å². The van der Waals surface area contributed by atoms with Crippen molar-refractivity contribution < 1.29 is 0 Å². The van der Waals surface area contributed by atoms with Crippen LogP contribution in [0.5, 0.6) is 0 Å². The Labute approximate surface area is 77.9 Å². The molecule has 0 N–H and O–H groups in total. The predicted octanol–water partition coefficient (Wildman–Crippen LogP) is 3.61. The highest BCUT2D eigenvalue weighted by atomic mass is 35.5. The van der Waals surface area contributed by atoms with Gasteiger partial charge in [-0.15, -0.1) is 11.6 Å². The van der Waals surface area contributed by atoms with Crippen LogP contribution in [-0.4, -0.2) is 0 Å². The summed E-state index contributed by atoms with van der Waals surface area (Å²) in [6.45, 7) is 4.18. The maximum absolute atomic E-state index is 6.15. The Hall–Kier alpha value is -0.750. The van der Waals surface area contributed by atoms with Gasteiger partial charge in [0, 0.05) is 0 Å². The Morgan fingerprint density at radius 3 is 2.08 bits per heavy atom. The van der Waals surface area contributed by atoms with Gasteiger partial charge in [-0.3, -0.25) is 0 Å². The molecule has 12 heavy (non-hydrogen) atoms. The zero-order valence-corrected chi connectivity index (χ0v) is 7.94. The van der Waals surface area contributed by atoms with Crippen molar-refractivity contribution in [2.75, 3.05) is 0 Å². The Morgan fingerprint density at radius 1 is 0.917 bits per heavy atom. The lowest BCUT2D eigenvalue weighted by molar-refractivity contribution is 1.38. The number of hydrogen-bond acceptors (Lipinski definition) is 0. The first-order valence-electron chi connectivity index (χ1n) is 4.02. The van der Waals surface area contributed by atoms with E-state index in [1.807, 2.05) is 12.1 Å². The summed E-state index contributed by atoms with van der Waals surface area (Å²) in [5, 5.41) is 0.906. The van der Waals surface area contributed by atoms with E-state index in [1.54, 1.807) is 0 Å². The normalized spacial score (nSPS) is 16.9. The molecule has 2 rings (SSSR count). The minimum Gasteiger partial charge on any atom is -0.106 e. The van der Waals surface area contributed by atoms with Gasteiger partial charge in [0.05, 0.1) is 0 Å². The first-order valence-corrected chi connectivity index (χ1v) is 4.39. The van der Waals surface area contributed by atoms with Crippen molar-refractivity contribution in [3.05, 3.63) is 46.3 Å². The number of fused-ring (bicyclic) bond motifs is 1. The molecule has 61 valence electrons. The van der Waals surface area contributed by atoms with E-state index in [4.69, 9.17) is 11.6 Å². The minimum absolute atomic E-state index is 0.906. The molecular weight excluding hydrogens is 168 g/mol. The molecule has 1 heteroatoms. The summed E-state index contributed by atoms with van der Waals surface area (Å²) in [5.41, 5.74) is 4.96. The van der Waals surface area contributed by atoms with Crippen LogP contribution >= 0.6 is 11.6 Å². The molecule has 0 heterocycles. The lowest BCUT2D eigenvalue weighted by Crippen LogP contribution is -1.86. The van der Waals surface area contributed by atoms with Gasteiger partial charge < -0.3 is 0 Å². The number of allylic oxidation sites excluding steroid dienone is 2. The van der Waals surface area contributed by atoms with E-state index in [2.05, 4.69) is 26.0 Å². The van der Waals surface area contributed by atoms with Crippen LogP contribution < -0.4 is 0 Å². The topological polar surface area (TPSA) is 0 Å². The van der Waals surface area contributed by atoms with Gasteiger partial charge in [0.25, 0.3) is 0 Å². The molecular formula is C11H10Cl. The van der Waals surface area contributed by atoms with E-state index in [0.29, 0.717) is 0 Å². The molecule has 1 aromatic rings. The van der Waals surface area contributed by atoms with Crippen LogP contribution in [0.4, 0.5) is 0 Å². The lowest BCUT2D eigenvalue weighted by Gasteiger charge is -2.01. The van der Waals surface area contributed by atoms with Crippen molar-refractivity contribution >= 4 is 17.2 Å². The smallest absolute Gasteiger partial charge is 0.106 e. The van der Waals surface area contributed by atoms with Gasteiger partial charge >= 0.3 is 0 Å². The van der Waals surface area contributed by atoms with Gasteiger partial charge in [-0.05, 0) is 36.1 Å². The van der Waals surface area contributed by atoms with Gasteiger partial charge in [0.15, 0.2) is 0 Å². The highest BCUT2D eigenvalue weighted by Crippen LogP contribution is 2.42. The van der Waals surface area contributed by atoms with E-state index < -0.39 is 0 Å². The maximum atomic E-state index is 6.15. The highest BCUT2D eigenvalue weighted by Gasteiger charge is 2.24. The Kier molecular flexibility index (Phi) is 1.73. The summed E-state index contributed by atoms with van der Waals surface area (Å²) >= 11 is 6.15. The second-order valence-corrected chi connectivity index (χ2v) is 3.49. The zero-order chi connectivity index (χ0) is 8.72. The summed E-state index contributed by atoms with van der Waals surface area (Å²) in [6, 6.07) is 8.25. The van der Waals surface area contributed by atoms with Crippen molar-refractivity contribution in [1.29, 1.82) is 0 Å². The van der Waals surface area contributed by atoms with Gasteiger partial charge in [0.1, 0.15) is 5.38 Å². The van der Waals surface area contributed by atoms with E-state index in [9.17, 15) is 0 Å². The van der Waals surface area contributed by atoms with Crippen LogP contribution in [0.25, 0.3) is 5.57 Å². The molecule has 1 aliphatic rings. The van der Waals surface area contributed by atoms with Crippen LogP contribution in [0, 0.1) is 5.38 Å². The number of hydrogen-bond donors (Lipinski definition) is 0. The van der Waals surface area contributed by atoms with E-state index in [-0.39, 0.29) is 0 Å². The zero-order valence-electron chi connectivity index (χ0n) is 7.19. The standard InChI is InChI=1S/C11H10Cl/c1-7-8(2)11(12)10-6-4-3-5-9(7)10/h3-6H,1-2H3. The molecule has 0 saturated heterocycles. The average molecular weight is 178 g/mol. The SMILES string of the molecule is CC1=C(C)c2ccccc2[C]1Cl. The molecule has 0 aromatic heterocycles. The molecule has 0 unspecified atom stereocenters. The van der Waals surface area contributed by atoms with E-state index in [0.717, 1.165) is 5.38 Å². The van der Waals surface area contributed by atoms with Crippen molar-refractivity contribution in [3.8, 4) is 0 Å². The second-order valence-electron chi connectivity index (χ2n) is 3.11. The number of halogens is 1.